The molecule has 2 heterocycles. The van der Waals surface area contributed by atoms with Crippen LogP contribution in [-0.2, 0) is 13.0 Å². The van der Waals surface area contributed by atoms with Crippen molar-refractivity contribution in [3.05, 3.63) is 47.0 Å². The van der Waals surface area contributed by atoms with Crippen LogP contribution >= 0.6 is 11.6 Å². The van der Waals surface area contributed by atoms with Gasteiger partial charge in [-0.05, 0) is 38.4 Å². The van der Waals surface area contributed by atoms with E-state index in [-0.39, 0.29) is 6.04 Å². The predicted octanol–water partition coefficient (Wildman–Crippen LogP) is 3.23. The van der Waals surface area contributed by atoms with Crippen molar-refractivity contribution in [3.8, 4) is 0 Å². The highest BCUT2D eigenvalue weighted by atomic mass is 35.5. The van der Waals surface area contributed by atoms with Crippen molar-refractivity contribution < 1.29 is 0 Å². The maximum atomic E-state index is 6.30. The number of hydrogen-bond donors (Lipinski definition) is 1. The summed E-state index contributed by atoms with van der Waals surface area (Å²) in [6.45, 7) is 3.03. The average Bonchev–Trinajstić information content (AvgIpc) is 2.83. The molecule has 0 aliphatic heterocycles. The second-order valence-corrected chi connectivity index (χ2v) is 5.21. The largest absolute Gasteiger partial charge is 0.312 e. The predicted molar refractivity (Wildman–Crippen MR) is 81.9 cm³/mol. The summed E-state index contributed by atoms with van der Waals surface area (Å²) < 4.78 is 2.00. The highest BCUT2D eigenvalue weighted by Gasteiger charge is 2.18. The fraction of sp³-hybridized carbons (Fsp3) is 0.467. The van der Waals surface area contributed by atoms with Crippen molar-refractivity contribution >= 4 is 11.6 Å². The van der Waals surface area contributed by atoms with Crippen molar-refractivity contribution in [3.63, 3.8) is 0 Å². The van der Waals surface area contributed by atoms with Gasteiger partial charge in [0.15, 0.2) is 0 Å². The zero-order valence-corrected chi connectivity index (χ0v) is 12.8. The Morgan fingerprint density at radius 3 is 2.90 bits per heavy atom. The van der Waals surface area contributed by atoms with E-state index in [0.29, 0.717) is 0 Å². The molecule has 2 aromatic rings. The molecule has 20 heavy (non-hydrogen) atoms. The third-order valence-corrected chi connectivity index (χ3v) is 3.65. The molecule has 0 fully saturated rings. The SMILES string of the molecule is CCCn1ncc(Cl)c1C(CCc1ccccn1)NC. The Labute approximate surface area is 125 Å². The van der Waals surface area contributed by atoms with Gasteiger partial charge in [0.2, 0.25) is 0 Å². The monoisotopic (exact) mass is 292 g/mol. The topological polar surface area (TPSA) is 42.7 Å². The van der Waals surface area contributed by atoms with Crippen LogP contribution in [0.2, 0.25) is 5.02 Å². The summed E-state index contributed by atoms with van der Waals surface area (Å²) in [5.41, 5.74) is 2.18. The van der Waals surface area contributed by atoms with E-state index in [2.05, 4.69) is 28.4 Å². The molecule has 1 unspecified atom stereocenters. The lowest BCUT2D eigenvalue weighted by atomic mass is 10.1. The summed E-state index contributed by atoms with van der Waals surface area (Å²) in [6, 6.07) is 6.20. The van der Waals surface area contributed by atoms with Gasteiger partial charge in [-0.15, -0.1) is 0 Å². The summed E-state index contributed by atoms with van der Waals surface area (Å²) in [5, 5.41) is 8.43. The molecular weight excluding hydrogens is 272 g/mol. The summed E-state index contributed by atoms with van der Waals surface area (Å²) in [4.78, 5) is 4.36. The van der Waals surface area contributed by atoms with Gasteiger partial charge in [0, 0.05) is 18.4 Å². The minimum atomic E-state index is 0.193. The van der Waals surface area contributed by atoms with Crippen LogP contribution in [0.1, 0.15) is 37.2 Å². The van der Waals surface area contributed by atoms with E-state index in [1.54, 1.807) is 6.20 Å². The number of nitrogens with zero attached hydrogens (tertiary/aromatic N) is 3. The van der Waals surface area contributed by atoms with E-state index >= 15 is 0 Å². The van der Waals surface area contributed by atoms with E-state index in [0.717, 1.165) is 42.2 Å². The molecule has 2 rings (SSSR count). The third kappa shape index (κ3) is 3.58. The van der Waals surface area contributed by atoms with Crippen LogP contribution in [0, 0.1) is 0 Å². The Kier molecular flexibility index (Phi) is 5.56. The van der Waals surface area contributed by atoms with Gasteiger partial charge in [-0.3, -0.25) is 9.67 Å². The molecular formula is C15H21ClN4. The lowest BCUT2D eigenvalue weighted by Crippen LogP contribution is -2.21. The number of nitrogens with one attached hydrogen (secondary N) is 1. The van der Waals surface area contributed by atoms with Crippen molar-refractivity contribution in [2.45, 2.75) is 38.8 Å². The van der Waals surface area contributed by atoms with Gasteiger partial charge in [-0.1, -0.05) is 24.6 Å². The van der Waals surface area contributed by atoms with Gasteiger partial charge in [-0.2, -0.15) is 5.10 Å². The highest BCUT2D eigenvalue weighted by Crippen LogP contribution is 2.26. The number of aromatic nitrogens is 3. The molecule has 0 amide bonds. The fourth-order valence-corrected chi connectivity index (χ4v) is 2.64. The maximum Gasteiger partial charge on any atom is 0.0834 e. The Morgan fingerprint density at radius 2 is 2.25 bits per heavy atom. The smallest absolute Gasteiger partial charge is 0.0834 e. The highest BCUT2D eigenvalue weighted by molar-refractivity contribution is 6.31. The van der Waals surface area contributed by atoms with E-state index in [9.17, 15) is 0 Å². The molecule has 0 aliphatic rings. The molecule has 2 aromatic heterocycles. The first-order chi connectivity index (χ1) is 9.76. The molecule has 1 atom stereocenters. The van der Waals surface area contributed by atoms with Crippen molar-refractivity contribution in [1.82, 2.24) is 20.1 Å². The van der Waals surface area contributed by atoms with Gasteiger partial charge < -0.3 is 5.32 Å². The quantitative estimate of drug-likeness (QED) is 0.852. The van der Waals surface area contributed by atoms with Crippen LogP contribution in [0.4, 0.5) is 0 Å². The normalized spacial score (nSPS) is 12.6. The summed E-state index contributed by atoms with van der Waals surface area (Å²) >= 11 is 6.30. The number of rotatable bonds is 7. The number of aryl methyl sites for hydroxylation is 2. The van der Waals surface area contributed by atoms with Gasteiger partial charge in [-0.25, -0.2) is 0 Å². The van der Waals surface area contributed by atoms with Crippen molar-refractivity contribution in [2.75, 3.05) is 7.05 Å². The van der Waals surface area contributed by atoms with Gasteiger partial charge in [0.1, 0.15) is 0 Å². The molecule has 108 valence electrons. The van der Waals surface area contributed by atoms with Crippen LogP contribution in [0.5, 0.6) is 0 Å². The molecule has 0 bridgehead atoms. The first-order valence-corrected chi connectivity index (χ1v) is 7.42. The van der Waals surface area contributed by atoms with Crippen molar-refractivity contribution in [1.29, 1.82) is 0 Å². The Balaban J connectivity index is 2.10. The Morgan fingerprint density at radius 1 is 1.40 bits per heavy atom. The van der Waals surface area contributed by atoms with Gasteiger partial charge in [0.05, 0.1) is 23.0 Å². The minimum absolute atomic E-state index is 0.193. The molecule has 4 nitrogen and oxygen atoms in total. The molecule has 0 saturated carbocycles. The zero-order valence-electron chi connectivity index (χ0n) is 12.0. The minimum Gasteiger partial charge on any atom is -0.312 e. The standard InChI is InChI=1S/C15H21ClN4/c1-3-10-20-15(13(16)11-19-20)14(17-2)8-7-12-6-4-5-9-18-12/h4-6,9,11,14,17H,3,7-8,10H2,1-2H3. The first kappa shape index (κ1) is 15.0. The average molecular weight is 293 g/mol. The summed E-state index contributed by atoms with van der Waals surface area (Å²) in [7, 11) is 1.96. The third-order valence-electron chi connectivity index (χ3n) is 3.36. The van der Waals surface area contributed by atoms with Crippen LogP contribution in [0.3, 0.4) is 0 Å². The fourth-order valence-electron chi connectivity index (χ4n) is 2.36. The lowest BCUT2D eigenvalue weighted by molar-refractivity contribution is 0.475. The van der Waals surface area contributed by atoms with E-state index in [1.807, 2.05) is 30.1 Å². The maximum absolute atomic E-state index is 6.30. The van der Waals surface area contributed by atoms with Gasteiger partial charge in [0.25, 0.3) is 0 Å². The van der Waals surface area contributed by atoms with Gasteiger partial charge >= 0.3 is 0 Å². The number of halogens is 1. The Bertz CT molecular complexity index is 524. The second-order valence-electron chi connectivity index (χ2n) is 4.80. The van der Waals surface area contributed by atoms with E-state index in [1.165, 1.54) is 0 Å². The summed E-state index contributed by atoms with van der Waals surface area (Å²) in [6.07, 6.45) is 6.47. The molecule has 5 heteroatoms. The van der Waals surface area contributed by atoms with Crippen LogP contribution in [0.15, 0.2) is 30.6 Å². The molecule has 1 N–H and O–H groups in total. The molecule has 0 saturated heterocycles. The number of pyridine rings is 1. The molecule has 0 aliphatic carbocycles. The zero-order chi connectivity index (χ0) is 14.4. The second kappa shape index (κ2) is 7.41. The van der Waals surface area contributed by atoms with Crippen LogP contribution in [0.25, 0.3) is 0 Å². The molecule has 0 spiro atoms. The van der Waals surface area contributed by atoms with Crippen LogP contribution in [-0.4, -0.2) is 21.8 Å². The number of hydrogen-bond acceptors (Lipinski definition) is 3. The van der Waals surface area contributed by atoms with Crippen LogP contribution < -0.4 is 5.32 Å². The first-order valence-electron chi connectivity index (χ1n) is 7.04. The van der Waals surface area contributed by atoms with E-state index in [4.69, 9.17) is 11.6 Å². The molecule has 0 aromatic carbocycles. The molecule has 0 radical (unpaired) electrons. The van der Waals surface area contributed by atoms with E-state index < -0.39 is 0 Å². The Hall–Kier alpha value is -1.39. The summed E-state index contributed by atoms with van der Waals surface area (Å²) in [5.74, 6) is 0. The van der Waals surface area contributed by atoms with Crippen molar-refractivity contribution in [2.24, 2.45) is 0 Å². The lowest BCUT2D eigenvalue weighted by Gasteiger charge is -2.18.